The van der Waals surface area contributed by atoms with Crippen molar-refractivity contribution in [3.05, 3.63) is 0 Å². The number of aliphatic carboxylic acids is 1. The second-order valence-corrected chi connectivity index (χ2v) is 6.80. The molecular weight excluding hydrogens is 260 g/mol. The van der Waals surface area contributed by atoms with Crippen LogP contribution < -0.4 is 11.1 Å². The zero-order chi connectivity index (χ0) is 13.8. The minimum Gasteiger partial charge on any atom is -0.480 e. The van der Waals surface area contributed by atoms with E-state index in [1.54, 1.807) is 6.92 Å². The summed E-state index contributed by atoms with van der Waals surface area (Å²) in [7, 11) is -3.39. The molecule has 4 N–H and O–H groups in total. The molecule has 3 atom stereocenters. The summed E-state index contributed by atoms with van der Waals surface area (Å²) in [5, 5.41) is 11.6. The molecule has 0 radical (unpaired) electrons. The van der Waals surface area contributed by atoms with Crippen molar-refractivity contribution in [3.8, 4) is 0 Å². The maximum absolute atomic E-state index is 12.0. The molecule has 1 saturated heterocycles. The number of carboxylic acid groups (broad SMARTS) is 1. The van der Waals surface area contributed by atoms with Crippen LogP contribution in [0.5, 0.6) is 0 Å². The summed E-state index contributed by atoms with van der Waals surface area (Å²) in [6.07, 6.45) is 0.134. The van der Waals surface area contributed by atoms with E-state index in [9.17, 15) is 13.2 Å². The predicted octanol–water partition coefficient (Wildman–Crippen LogP) is -1.21. The lowest BCUT2D eigenvalue weighted by Gasteiger charge is -2.25. The second-order valence-electron chi connectivity index (χ2n) is 4.62. The number of nitrogens with two attached hydrogens (primary N) is 1. The van der Waals surface area contributed by atoms with Gasteiger partial charge in [0.25, 0.3) is 0 Å². The number of morpholine rings is 1. The molecule has 2 unspecified atom stereocenters. The third-order valence-electron chi connectivity index (χ3n) is 2.78. The topological polar surface area (TPSA) is 119 Å². The van der Waals surface area contributed by atoms with Crippen molar-refractivity contribution in [1.82, 2.24) is 5.32 Å². The number of carboxylic acids is 1. The Morgan fingerprint density at radius 3 is 2.78 bits per heavy atom. The largest absolute Gasteiger partial charge is 0.480 e. The Kier molecular flexibility index (Phi) is 5.51. The molecule has 0 aliphatic carbocycles. The van der Waals surface area contributed by atoms with Crippen LogP contribution in [-0.2, 0) is 19.4 Å². The number of nitrogens with one attached hydrogen (secondary N) is 1. The number of hydrogen-bond donors (Lipinski definition) is 3. The van der Waals surface area contributed by atoms with E-state index in [0.717, 1.165) is 0 Å². The van der Waals surface area contributed by atoms with Gasteiger partial charge in [-0.2, -0.15) is 0 Å². The van der Waals surface area contributed by atoms with Gasteiger partial charge < -0.3 is 20.9 Å². The SMILES string of the molecule is CC(C[C@H](N)C(=O)O)CS(=O)(=O)C1CNCCO1. The lowest BCUT2D eigenvalue weighted by molar-refractivity contribution is -0.138. The van der Waals surface area contributed by atoms with Gasteiger partial charge in [0.1, 0.15) is 6.04 Å². The summed E-state index contributed by atoms with van der Waals surface area (Å²) < 4.78 is 29.2. The van der Waals surface area contributed by atoms with E-state index < -0.39 is 27.3 Å². The third kappa shape index (κ3) is 4.52. The fourth-order valence-corrected chi connectivity index (χ4v) is 3.70. The molecule has 1 aliphatic rings. The van der Waals surface area contributed by atoms with Crippen LogP contribution in [0.4, 0.5) is 0 Å². The monoisotopic (exact) mass is 280 g/mol. The van der Waals surface area contributed by atoms with Crippen LogP contribution in [0, 0.1) is 5.92 Å². The Morgan fingerprint density at radius 1 is 1.61 bits per heavy atom. The molecule has 0 aromatic rings. The number of hydrogen-bond acceptors (Lipinski definition) is 6. The first-order chi connectivity index (χ1) is 8.33. The van der Waals surface area contributed by atoms with E-state index in [1.807, 2.05) is 0 Å². The first-order valence-corrected chi connectivity index (χ1v) is 7.56. The van der Waals surface area contributed by atoms with Gasteiger partial charge in [-0.25, -0.2) is 8.42 Å². The van der Waals surface area contributed by atoms with E-state index in [0.29, 0.717) is 13.2 Å². The van der Waals surface area contributed by atoms with Crippen LogP contribution in [0.2, 0.25) is 0 Å². The Morgan fingerprint density at radius 2 is 2.28 bits per heavy atom. The third-order valence-corrected chi connectivity index (χ3v) is 4.92. The summed E-state index contributed by atoms with van der Waals surface area (Å²) in [4.78, 5) is 10.6. The average Bonchev–Trinajstić information content (AvgIpc) is 2.29. The van der Waals surface area contributed by atoms with Crippen molar-refractivity contribution in [2.75, 3.05) is 25.4 Å². The van der Waals surface area contributed by atoms with Crippen molar-refractivity contribution in [2.45, 2.75) is 24.8 Å². The molecule has 0 spiro atoms. The summed E-state index contributed by atoms with van der Waals surface area (Å²) in [5.41, 5.74) is 4.54. The van der Waals surface area contributed by atoms with E-state index in [-0.39, 0.29) is 24.6 Å². The van der Waals surface area contributed by atoms with Gasteiger partial charge in [-0.1, -0.05) is 6.92 Å². The van der Waals surface area contributed by atoms with Crippen molar-refractivity contribution >= 4 is 15.8 Å². The minimum absolute atomic E-state index is 0.111. The zero-order valence-electron chi connectivity index (χ0n) is 10.3. The molecular formula is C10H20N2O5S. The molecule has 0 aromatic carbocycles. The maximum atomic E-state index is 12.0. The van der Waals surface area contributed by atoms with Gasteiger partial charge in [-0.3, -0.25) is 4.79 Å². The number of carbonyl (C=O) groups is 1. The highest BCUT2D eigenvalue weighted by molar-refractivity contribution is 7.91. The van der Waals surface area contributed by atoms with E-state index in [1.165, 1.54) is 0 Å². The van der Waals surface area contributed by atoms with Crippen LogP contribution in [0.15, 0.2) is 0 Å². The van der Waals surface area contributed by atoms with E-state index in [4.69, 9.17) is 15.6 Å². The van der Waals surface area contributed by atoms with Gasteiger partial charge in [-0.05, 0) is 12.3 Å². The number of ether oxygens (including phenoxy) is 1. The molecule has 0 saturated carbocycles. The van der Waals surface area contributed by atoms with Crippen LogP contribution >= 0.6 is 0 Å². The molecule has 7 nitrogen and oxygen atoms in total. The molecule has 0 aromatic heterocycles. The fourth-order valence-electron chi connectivity index (χ4n) is 1.88. The molecule has 0 bridgehead atoms. The van der Waals surface area contributed by atoms with Crippen LogP contribution in [-0.4, -0.2) is 56.4 Å². The molecule has 1 rings (SSSR count). The standard InChI is InChI=1S/C10H20N2O5S/c1-7(4-8(11)10(13)14)6-18(15,16)9-5-12-2-3-17-9/h7-9,12H,2-6,11H2,1H3,(H,13,14)/t7?,8-,9?/m0/s1. The average molecular weight is 280 g/mol. The van der Waals surface area contributed by atoms with Gasteiger partial charge in [0.2, 0.25) is 0 Å². The van der Waals surface area contributed by atoms with Crippen LogP contribution in [0.3, 0.4) is 0 Å². The predicted molar refractivity (Wildman–Crippen MR) is 65.8 cm³/mol. The van der Waals surface area contributed by atoms with E-state index >= 15 is 0 Å². The Labute approximate surface area is 107 Å². The lowest BCUT2D eigenvalue weighted by Crippen LogP contribution is -2.45. The van der Waals surface area contributed by atoms with Crippen molar-refractivity contribution in [2.24, 2.45) is 11.7 Å². The van der Waals surface area contributed by atoms with Gasteiger partial charge >= 0.3 is 5.97 Å². The highest BCUT2D eigenvalue weighted by Crippen LogP contribution is 2.14. The summed E-state index contributed by atoms with van der Waals surface area (Å²) in [5.74, 6) is -1.54. The van der Waals surface area contributed by atoms with Crippen LogP contribution in [0.1, 0.15) is 13.3 Å². The zero-order valence-corrected chi connectivity index (χ0v) is 11.1. The lowest BCUT2D eigenvalue weighted by atomic mass is 10.0. The Balaban J connectivity index is 2.51. The summed E-state index contributed by atoms with van der Waals surface area (Å²) in [6.45, 7) is 2.97. The molecule has 1 heterocycles. The Bertz CT molecular complexity index is 378. The first kappa shape index (κ1) is 15.4. The maximum Gasteiger partial charge on any atom is 0.320 e. The molecule has 8 heteroatoms. The molecule has 18 heavy (non-hydrogen) atoms. The van der Waals surface area contributed by atoms with Crippen LogP contribution in [0.25, 0.3) is 0 Å². The summed E-state index contributed by atoms with van der Waals surface area (Å²) >= 11 is 0. The highest BCUT2D eigenvalue weighted by Gasteiger charge is 2.30. The van der Waals surface area contributed by atoms with Crippen molar-refractivity contribution < 1.29 is 23.1 Å². The summed E-state index contributed by atoms with van der Waals surface area (Å²) in [6, 6.07) is -1.03. The second kappa shape index (κ2) is 6.46. The number of sulfone groups is 1. The Hall–Kier alpha value is -0.700. The van der Waals surface area contributed by atoms with E-state index in [2.05, 4.69) is 5.32 Å². The van der Waals surface area contributed by atoms with Crippen molar-refractivity contribution in [3.63, 3.8) is 0 Å². The van der Waals surface area contributed by atoms with Gasteiger partial charge in [0.15, 0.2) is 15.3 Å². The quantitative estimate of drug-likeness (QED) is 0.558. The molecule has 0 amide bonds. The van der Waals surface area contributed by atoms with Gasteiger partial charge in [0.05, 0.1) is 12.4 Å². The van der Waals surface area contributed by atoms with Gasteiger partial charge in [-0.15, -0.1) is 0 Å². The normalized spacial score (nSPS) is 24.4. The molecule has 1 aliphatic heterocycles. The number of rotatable bonds is 6. The molecule has 106 valence electrons. The minimum atomic E-state index is -3.39. The molecule has 1 fully saturated rings. The smallest absolute Gasteiger partial charge is 0.320 e. The highest BCUT2D eigenvalue weighted by atomic mass is 32.2. The van der Waals surface area contributed by atoms with Gasteiger partial charge in [0, 0.05) is 13.1 Å². The fraction of sp³-hybridized carbons (Fsp3) is 0.900. The van der Waals surface area contributed by atoms with Crippen molar-refractivity contribution in [1.29, 1.82) is 0 Å². The first-order valence-electron chi connectivity index (χ1n) is 5.85.